The maximum absolute atomic E-state index is 12.1. The summed E-state index contributed by atoms with van der Waals surface area (Å²) in [7, 11) is 0. The molecule has 1 aliphatic rings. The van der Waals surface area contributed by atoms with Crippen LogP contribution in [0.25, 0.3) is 0 Å². The summed E-state index contributed by atoms with van der Waals surface area (Å²) in [6, 6.07) is 3.71. The van der Waals surface area contributed by atoms with E-state index in [1.165, 1.54) is 0 Å². The molecular weight excluding hydrogens is 228 g/mol. The predicted octanol–water partition coefficient (Wildman–Crippen LogP) is 1.95. The van der Waals surface area contributed by atoms with E-state index in [0.29, 0.717) is 5.69 Å². The standard InChI is InChI=1S/C14H20N2O2/c1-9-7-10(2)13(17)12(8-9)16-14(18)11-3-5-15-6-4-11/h7-8,11,15,17H,3-6H2,1-2H3,(H,16,18). The third kappa shape index (κ3) is 2.82. The van der Waals surface area contributed by atoms with Gasteiger partial charge in [-0.05, 0) is 57.0 Å². The number of anilines is 1. The molecule has 1 saturated heterocycles. The predicted molar refractivity (Wildman–Crippen MR) is 71.8 cm³/mol. The Kier molecular flexibility index (Phi) is 3.87. The molecule has 1 fully saturated rings. The maximum Gasteiger partial charge on any atom is 0.227 e. The first-order valence-electron chi connectivity index (χ1n) is 6.39. The number of rotatable bonds is 2. The molecule has 0 radical (unpaired) electrons. The van der Waals surface area contributed by atoms with E-state index in [4.69, 9.17) is 0 Å². The Bertz CT molecular complexity index is 451. The molecule has 98 valence electrons. The van der Waals surface area contributed by atoms with Crippen molar-refractivity contribution in [2.24, 2.45) is 5.92 Å². The van der Waals surface area contributed by atoms with Gasteiger partial charge in [-0.1, -0.05) is 6.07 Å². The Hall–Kier alpha value is -1.55. The molecule has 0 spiro atoms. The molecule has 4 nitrogen and oxygen atoms in total. The van der Waals surface area contributed by atoms with Crippen molar-refractivity contribution in [3.8, 4) is 5.75 Å². The number of hydrogen-bond acceptors (Lipinski definition) is 3. The van der Waals surface area contributed by atoms with Crippen LogP contribution in [-0.2, 0) is 4.79 Å². The largest absolute Gasteiger partial charge is 0.505 e. The summed E-state index contributed by atoms with van der Waals surface area (Å²) in [4.78, 5) is 12.1. The van der Waals surface area contributed by atoms with Gasteiger partial charge in [0.05, 0.1) is 5.69 Å². The Morgan fingerprint density at radius 3 is 2.67 bits per heavy atom. The van der Waals surface area contributed by atoms with Gasteiger partial charge in [-0.3, -0.25) is 4.79 Å². The van der Waals surface area contributed by atoms with Crippen LogP contribution in [0.4, 0.5) is 5.69 Å². The van der Waals surface area contributed by atoms with Crippen molar-refractivity contribution in [3.63, 3.8) is 0 Å². The molecule has 1 amide bonds. The second kappa shape index (κ2) is 5.40. The number of piperidine rings is 1. The molecule has 1 heterocycles. The van der Waals surface area contributed by atoms with E-state index in [1.54, 1.807) is 6.07 Å². The van der Waals surface area contributed by atoms with E-state index in [-0.39, 0.29) is 17.6 Å². The van der Waals surface area contributed by atoms with Gasteiger partial charge >= 0.3 is 0 Å². The summed E-state index contributed by atoms with van der Waals surface area (Å²) in [5.74, 6) is 0.228. The Labute approximate surface area is 107 Å². The lowest BCUT2D eigenvalue weighted by atomic mass is 9.97. The third-order valence-electron chi connectivity index (χ3n) is 3.41. The Morgan fingerprint density at radius 2 is 2.00 bits per heavy atom. The summed E-state index contributed by atoms with van der Waals surface area (Å²) in [6.07, 6.45) is 1.72. The molecule has 3 N–H and O–H groups in total. The van der Waals surface area contributed by atoms with Crippen LogP contribution < -0.4 is 10.6 Å². The number of phenols is 1. The molecule has 0 aromatic heterocycles. The molecule has 0 aliphatic carbocycles. The van der Waals surface area contributed by atoms with Gasteiger partial charge in [0.1, 0.15) is 5.75 Å². The van der Waals surface area contributed by atoms with Crippen LogP contribution in [0, 0.1) is 19.8 Å². The van der Waals surface area contributed by atoms with Crippen LogP contribution in [0.3, 0.4) is 0 Å². The van der Waals surface area contributed by atoms with E-state index in [2.05, 4.69) is 10.6 Å². The minimum Gasteiger partial charge on any atom is -0.505 e. The molecule has 18 heavy (non-hydrogen) atoms. The fraction of sp³-hybridized carbons (Fsp3) is 0.500. The van der Waals surface area contributed by atoms with Crippen molar-refractivity contribution in [1.29, 1.82) is 0 Å². The molecule has 1 aromatic rings. The van der Waals surface area contributed by atoms with Crippen LogP contribution in [0.5, 0.6) is 5.75 Å². The van der Waals surface area contributed by atoms with Crippen molar-refractivity contribution < 1.29 is 9.90 Å². The molecule has 4 heteroatoms. The number of nitrogens with one attached hydrogen (secondary N) is 2. The Morgan fingerprint density at radius 1 is 1.33 bits per heavy atom. The monoisotopic (exact) mass is 248 g/mol. The number of amides is 1. The highest BCUT2D eigenvalue weighted by atomic mass is 16.3. The van der Waals surface area contributed by atoms with E-state index < -0.39 is 0 Å². The quantitative estimate of drug-likeness (QED) is 0.701. The van der Waals surface area contributed by atoms with Gasteiger partial charge in [-0.2, -0.15) is 0 Å². The van der Waals surface area contributed by atoms with Crippen LogP contribution >= 0.6 is 0 Å². The highest BCUT2D eigenvalue weighted by Gasteiger charge is 2.21. The normalized spacial score (nSPS) is 16.6. The first kappa shape index (κ1) is 12.9. The first-order valence-corrected chi connectivity index (χ1v) is 6.39. The van der Waals surface area contributed by atoms with Crippen molar-refractivity contribution in [3.05, 3.63) is 23.3 Å². The zero-order valence-corrected chi connectivity index (χ0v) is 10.9. The molecular formula is C14H20N2O2. The van der Waals surface area contributed by atoms with Crippen molar-refractivity contribution in [1.82, 2.24) is 5.32 Å². The molecule has 0 atom stereocenters. The molecule has 1 aromatic carbocycles. The average Bonchev–Trinajstić information content (AvgIpc) is 2.36. The van der Waals surface area contributed by atoms with Gasteiger partial charge in [0.25, 0.3) is 0 Å². The number of carbonyl (C=O) groups excluding carboxylic acids is 1. The number of benzene rings is 1. The topological polar surface area (TPSA) is 61.4 Å². The molecule has 0 saturated carbocycles. The molecule has 0 bridgehead atoms. The van der Waals surface area contributed by atoms with E-state index in [1.807, 2.05) is 19.9 Å². The molecule has 2 rings (SSSR count). The minimum absolute atomic E-state index is 0.0109. The average molecular weight is 248 g/mol. The maximum atomic E-state index is 12.1. The summed E-state index contributed by atoms with van der Waals surface area (Å²) in [6.45, 7) is 5.56. The fourth-order valence-corrected chi connectivity index (χ4v) is 2.37. The first-order chi connectivity index (χ1) is 8.58. The van der Waals surface area contributed by atoms with Crippen molar-refractivity contribution in [2.75, 3.05) is 18.4 Å². The zero-order valence-electron chi connectivity index (χ0n) is 10.9. The van der Waals surface area contributed by atoms with Gasteiger partial charge in [-0.15, -0.1) is 0 Å². The van der Waals surface area contributed by atoms with Crippen LogP contribution in [0.1, 0.15) is 24.0 Å². The Balaban J connectivity index is 2.11. The van der Waals surface area contributed by atoms with Gasteiger partial charge in [-0.25, -0.2) is 0 Å². The highest BCUT2D eigenvalue weighted by Crippen LogP contribution is 2.29. The fourth-order valence-electron chi connectivity index (χ4n) is 2.37. The number of phenolic OH excluding ortho intramolecular Hbond substituents is 1. The van der Waals surface area contributed by atoms with Crippen LogP contribution in [0.2, 0.25) is 0 Å². The van der Waals surface area contributed by atoms with Crippen LogP contribution in [0.15, 0.2) is 12.1 Å². The van der Waals surface area contributed by atoms with E-state index in [9.17, 15) is 9.90 Å². The van der Waals surface area contributed by atoms with E-state index >= 15 is 0 Å². The molecule has 0 unspecified atom stereocenters. The van der Waals surface area contributed by atoms with Crippen LogP contribution in [-0.4, -0.2) is 24.1 Å². The lowest BCUT2D eigenvalue weighted by Gasteiger charge is -2.22. The van der Waals surface area contributed by atoms with Crippen molar-refractivity contribution >= 4 is 11.6 Å². The second-order valence-electron chi connectivity index (χ2n) is 4.99. The zero-order chi connectivity index (χ0) is 13.1. The number of hydrogen-bond donors (Lipinski definition) is 3. The minimum atomic E-state index is 0.0109. The smallest absolute Gasteiger partial charge is 0.227 e. The van der Waals surface area contributed by atoms with Crippen molar-refractivity contribution in [2.45, 2.75) is 26.7 Å². The summed E-state index contributed by atoms with van der Waals surface area (Å²) < 4.78 is 0. The van der Waals surface area contributed by atoms with Gasteiger partial charge in [0.2, 0.25) is 5.91 Å². The summed E-state index contributed by atoms with van der Waals surface area (Å²) in [5, 5.41) is 16.0. The lowest BCUT2D eigenvalue weighted by molar-refractivity contribution is -0.120. The lowest BCUT2D eigenvalue weighted by Crippen LogP contribution is -2.34. The van der Waals surface area contributed by atoms with Gasteiger partial charge < -0.3 is 15.7 Å². The number of aromatic hydroxyl groups is 1. The van der Waals surface area contributed by atoms with Gasteiger partial charge in [0, 0.05) is 5.92 Å². The highest BCUT2D eigenvalue weighted by molar-refractivity contribution is 5.94. The number of aryl methyl sites for hydroxylation is 2. The summed E-state index contributed by atoms with van der Waals surface area (Å²) >= 11 is 0. The second-order valence-corrected chi connectivity index (χ2v) is 4.99. The third-order valence-corrected chi connectivity index (χ3v) is 3.41. The SMILES string of the molecule is Cc1cc(C)c(O)c(NC(=O)C2CCNCC2)c1. The van der Waals surface area contributed by atoms with E-state index in [0.717, 1.165) is 37.1 Å². The summed E-state index contributed by atoms with van der Waals surface area (Å²) in [5.41, 5.74) is 2.34. The molecule has 1 aliphatic heterocycles. The van der Waals surface area contributed by atoms with Gasteiger partial charge in [0.15, 0.2) is 0 Å². The number of carbonyl (C=O) groups is 1.